The molecule has 0 atom stereocenters. The third-order valence-corrected chi connectivity index (χ3v) is 3.81. The highest BCUT2D eigenvalue weighted by molar-refractivity contribution is 7.89. The van der Waals surface area contributed by atoms with Crippen molar-refractivity contribution >= 4 is 16.0 Å². The highest BCUT2D eigenvalue weighted by Gasteiger charge is 2.20. The molecule has 1 rings (SSSR count). The summed E-state index contributed by atoms with van der Waals surface area (Å²) in [6.45, 7) is 1.51. The van der Waals surface area contributed by atoms with Crippen LogP contribution < -0.4 is 4.72 Å². The number of sulfonamides is 1. The molecule has 0 aliphatic carbocycles. The standard InChI is InChI=1S/C11H14FNO5S/c1-7-5-8(6-9(10(7)12)11(14)15)19(16,17)13-3-4-18-2/h5-6,13H,3-4H2,1-2H3,(H,14,15). The summed E-state index contributed by atoms with van der Waals surface area (Å²) in [4.78, 5) is 10.5. The Balaban J connectivity index is 3.17. The van der Waals surface area contributed by atoms with Gasteiger partial charge in [-0.05, 0) is 24.6 Å². The maximum atomic E-state index is 13.5. The summed E-state index contributed by atoms with van der Waals surface area (Å²) >= 11 is 0. The van der Waals surface area contributed by atoms with Crippen LogP contribution in [0.2, 0.25) is 0 Å². The molecule has 0 saturated heterocycles. The van der Waals surface area contributed by atoms with Crippen molar-refractivity contribution in [1.82, 2.24) is 4.72 Å². The van der Waals surface area contributed by atoms with Crippen LogP contribution in [0.4, 0.5) is 4.39 Å². The van der Waals surface area contributed by atoms with E-state index in [-0.39, 0.29) is 23.6 Å². The SMILES string of the molecule is COCCNS(=O)(=O)c1cc(C)c(F)c(C(=O)O)c1. The van der Waals surface area contributed by atoms with E-state index in [2.05, 4.69) is 4.72 Å². The first-order chi connectivity index (χ1) is 8.79. The number of rotatable bonds is 6. The molecule has 8 heteroatoms. The molecule has 0 spiro atoms. The first-order valence-corrected chi connectivity index (χ1v) is 6.80. The molecule has 1 aromatic rings. The maximum absolute atomic E-state index is 13.5. The zero-order valence-electron chi connectivity index (χ0n) is 10.4. The average molecular weight is 291 g/mol. The average Bonchev–Trinajstić information content (AvgIpc) is 2.32. The Morgan fingerprint density at radius 3 is 2.63 bits per heavy atom. The van der Waals surface area contributed by atoms with E-state index in [4.69, 9.17) is 9.84 Å². The Morgan fingerprint density at radius 2 is 2.11 bits per heavy atom. The molecule has 0 bridgehead atoms. The van der Waals surface area contributed by atoms with Crippen LogP contribution in [0.5, 0.6) is 0 Å². The second-order valence-electron chi connectivity index (χ2n) is 3.80. The predicted octanol–water partition coefficient (Wildman–Crippen LogP) is 0.757. The molecule has 1 aromatic carbocycles. The zero-order chi connectivity index (χ0) is 14.6. The van der Waals surface area contributed by atoms with Crippen molar-refractivity contribution in [2.24, 2.45) is 0 Å². The molecule has 6 nitrogen and oxygen atoms in total. The lowest BCUT2D eigenvalue weighted by atomic mass is 10.1. The lowest BCUT2D eigenvalue weighted by Gasteiger charge is -2.09. The van der Waals surface area contributed by atoms with Gasteiger partial charge in [0, 0.05) is 13.7 Å². The van der Waals surface area contributed by atoms with E-state index in [9.17, 15) is 17.6 Å². The second-order valence-corrected chi connectivity index (χ2v) is 5.56. The van der Waals surface area contributed by atoms with Gasteiger partial charge in [-0.1, -0.05) is 0 Å². The summed E-state index contributed by atoms with van der Waals surface area (Å²) in [6, 6.07) is 1.87. The van der Waals surface area contributed by atoms with E-state index >= 15 is 0 Å². The Kier molecular flexibility index (Phi) is 4.98. The number of aryl methyl sites for hydroxylation is 1. The molecule has 19 heavy (non-hydrogen) atoms. The van der Waals surface area contributed by atoms with Gasteiger partial charge >= 0.3 is 5.97 Å². The van der Waals surface area contributed by atoms with Crippen LogP contribution in [0.25, 0.3) is 0 Å². The fourth-order valence-electron chi connectivity index (χ4n) is 1.41. The van der Waals surface area contributed by atoms with E-state index < -0.39 is 27.4 Å². The third kappa shape index (κ3) is 3.72. The number of methoxy groups -OCH3 is 1. The lowest BCUT2D eigenvalue weighted by molar-refractivity contribution is 0.0691. The largest absolute Gasteiger partial charge is 0.478 e. The number of hydrogen-bond acceptors (Lipinski definition) is 4. The van der Waals surface area contributed by atoms with Gasteiger partial charge in [0.2, 0.25) is 10.0 Å². The zero-order valence-corrected chi connectivity index (χ0v) is 11.3. The van der Waals surface area contributed by atoms with E-state index in [1.807, 2.05) is 0 Å². The monoisotopic (exact) mass is 291 g/mol. The Bertz CT molecular complexity index is 585. The van der Waals surface area contributed by atoms with Gasteiger partial charge in [0.25, 0.3) is 0 Å². The number of aromatic carboxylic acids is 1. The van der Waals surface area contributed by atoms with Gasteiger partial charge in [-0.2, -0.15) is 0 Å². The summed E-state index contributed by atoms with van der Waals surface area (Å²) in [7, 11) is -2.47. The summed E-state index contributed by atoms with van der Waals surface area (Å²) in [5.41, 5.74) is -0.723. The second kappa shape index (κ2) is 6.09. The van der Waals surface area contributed by atoms with E-state index in [0.29, 0.717) is 0 Å². The predicted molar refractivity (Wildman–Crippen MR) is 65.2 cm³/mol. The molecule has 0 heterocycles. The number of nitrogens with one attached hydrogen (secondary N) is 1. The van der Waals surface area contributed by atoms with Gasteiger partial charge in [0.1, 0.15) is 5.82 Å². The number of halogens is 1. The summed E-state index contributed by atoms with van der Waals surface area (Å²) < 4.78 is 44.2. The van der Waals surface area contributed by atoms with Crippen LogP contribution in [0, 0.1) is 12.7 Å². The molecule has 0 aliphatic rings. The van der Waals surface area contributed by atoms with E-state index in [1.54, 1.807) is 0 Å². The minimum Gasteiger partial charge on any atom is -0.478 e. The lowest BCUT2D eigenvalue weighted by Crippen LogP contribution is -2.27. The number of carbonyl (C=O) groups is 1. The smallest absolute Gasteiger partial charge is 0.338 e. The van der Waals surface area contributed by atoms with Crippen molar-refractivity contribution in [2.45, 2.75) is 11.8 Å². The first-order valence-electron chi connectivity index (χ1n) is 5.31. The summed E-state index contributed by atoms with van der Waals surface area (Å²) in [5, 5.41) is 8.82. The fraction of sp³-hybridized carbons (Fsp3) is 0.364. The molecular weight excluding hydrogens is 277 g/mol. The van der Waals surface area contributed by atoms with Gasteiger partial charge in [-0.3, -0.25) is 0 Å². The highest BCUT2D eigenvalue weighted by atomic mass is 32.2. The Morgan fingerprint density at radius 1 is 1.47 bits per heavy atom. The molecule has 0 saturated carbocycles. The van der Waals surface area contributed by atoms with E-state index in [1.165, 1.54) is 14.0 Å². The topological polar surface area (TPSA) is 92.7 Å². The highest BCUT2D eigenvalue weighted by Crippen LogP contribution is 2.19. The van der Waals surface area contributed by atoms with Crippen LogP contribution in [0.1, 0.15) is 15.9 Å². The summed E-state index contributed by atoms with van der Waals surface area (Å²) in [5.74, 6) is -2.46. The molecule has 0 aliphatic heterocycles. The Labute approximate surface area is 110 Å². The quantitative estimate of drug-likeness (QED) is 0.755. The van der Waals surface area contributed by atoms with Gasteiger partial charge in [0.05, 0.1) is 17.1 Å². The van der Waals surface area contributed by atoms with Crippen LogP contribution in [-0.2, 0) is 14.8 Å². The number of carboxylic acids is 1. The van der Waals surface area contributed by atoms with Crippen LogP contribution in [0.3, 0.4) is 0 Å². The molecule has 2 N–H and O–H groups in total. The van der Waals surface area contributed by atoms with Gasteiger partial charge in [-0.15, -0.1) is 0 Å². The molecule has 0 amide bonds. The number of ether oxygens (including phenoxy) is 1. The van der Waals surface area contributed by atoms with Gasteiger partial charge in [0.15, 0.2) is 0 Å². The van der Waals surface area contributed by atoms with Crippen molar-refractivity contribution in [3.63, 3.8) is 0 Å². The number of hydrogen-bond donors (Lipinski definition) is 2. The minimum absolute atomic E-state index is 0.0393. The summed E-state index contributed by atoms with van der Waals surface area (Å²) in [6.07, 6.45) is 0. The van der Waals surface area contributed by atoms with Crippen molar-refractivity contribution < 1.29 is 27.4 Å². The van der Waals surface area contributed by atoms with E-state index in [0.717, 1.165) is 12.1 Å². The molecule has 0 unspecified atom stereocenters. The Hall–Kier alpha value is -1.51. The van der Waals surface area contributed by atoms with Gasteiger partial charge in [-0.25, -0.2) is 22.3 Å². The van der Waals surface area contributed by atoms with Crippen molar-refractivity contribution in [3.8, 4) is 0 Å². The third-order valence-electron chi connectivity index (χ3n) is 2.37. The van der Waals surface area contributed by atoms with Crippen LogP contribution in [0.15, 0.2) is 17.0 Å². The first kappa shape index (κ1) is 15.5. The molecule has 0 radical (unpaired) electrons. The van der Waals surface area contributed by atoms with Crippen molar-refractivity contribution in [1.29, 1.82) is 0 Å². The normalized spacial score (nSPS) is 11.5. The van der Waals surface area contributed by atoms with Crippen molar-refractivity contribution in [3.05, 3.63) is 29.1 Å². The fourth-order valence-corrected chi connectivity index (χ4v) is 2.53. The number of carboxylic acid groups (broad SMARTS) is 1. The molecular formula is C11H14FNO5S. The van der Waals surface area contributed by atoms with Crippen LogP contribution >= 0.6 is 0 Å². The van der Waals surface area contributed by atoms with Crippen molar-refractivity contribution in [2.75, 3.05) is 20.3 Å². The minimum atomic E-state index is -3.89. The molecule has 106 valence electrons. The van der Waals surface area contributed by atoms with Crippen LogP contribution in [-0.4, -0.2) is 39.8 Å². The number of benzene rings is 1. The molecule has 0 aromatic heterocycles. The maximum Gasteiger partial charge on any atom is 0.338 e. The van der Waals surface area contributed by atoms with Gasteiger partial charge < -0.3 is 9.84 Å². The molecule has 0 fully saturated rings.